The number of fused-ring (bicyclic) bond motifs is 5. The SMILES string of the molecule is COC(=O)CCC(C)C1CCC2C3/C(=N/O[Si](C)(C)C)C[C@@H]4C[C@H](O[Si](C)(C)C)CCC4(C)C3CCC12C. The molecular weight excluding hydrogens is 507 g/mol. The first-order valence-corrected chi connectivity index (χ1v) is 22.4. The molecule has 0 aromatic carbocycles. The molecule has 218 valence electrons. The average Bonchev–Trinajstić information content (AvgIpc) is 3.17. The van der Waals surface area contributed by atoms with E-state index in [1.165, 1.54) is 57.8 Å². The Morgan fingerprint density at radius 1 is 0.974 bits per heavy atom. The normalized spacial score (nSPS) is 41.2. The summed E-state index contributed by atoms with van der Waals surface area (Å²) in [5.74, 6) is 3.69. The van der Waals surface area contributed by atoms with Crippen molar-refractivity contribution >= 4 is 28.3 Å². The van der Waals surface area contributed by atoms with Gasteiger partial charge in [0, 0.05) is 18.4 Å². The topological polar surface area (TPSA) is 57.1 Å². The maximum Gasteiger partial charge on any atom is 0.305 e. The van der Waals surface area contributed by atoms with Crippen LogP contribution in [-0.2, 0) is 18.5 Å². The highest BCUT2D eigenvalue weighted by Crippen LogP contribution is 2.68. The Labute approximate surface area is 235 Å². The fourth-order valence-corrected chi connectivity index (χ4v) is 11.0. The number of hydrogen-bond acceptors (Lipinski definition) is 5. The lowest BCUT2D eigenvalue weighted by molar-refractivity contribution is -0.141. The van der Waals surface area contributed by atoms with E-state index in [9.17, 15) is 4.79 Å². The molecule has 0 heterocycles. The van der Waals surface area contributed by atoms with Crippen molar-refractivity contribution in [3.63, 3.8) is 0 Å². The van der Waals surface area contributed by atoms with Gasteiger partial charge in [-0.3, -0.25) is 4.79 Å². The van der Waals surface area contributed by atoms with Crippen molar-refractivity contribution in [1.82, 2.24) is 0 Å². The van der Waals surface area contributed by atoms with Gasteiger partial charge in [0.25, 0.3) is 8.32 Å². The van der Waals surface area contributed by atoms with Crippen molar-refractivity contribution in [3.05, 3.63) is 0 Å². The van der Waals surface area contributed by atoms with Gasteiger partial charge in [0.05, 0.1) is 12.8 Å². The average molecular weight is 564 g/mol. The number of rotatable bonds is 8. The van der Waals surface area contributed by atoms with Crippen LogP contribution in [0, 0.1) is 46.3 Å². The zero-order chi connectivity index (χ0) is 28.1. The Kier molecular flexibility index (Phi) is 8.74. The van der Waals surface area contributed by atoms with Crippen LogP contribution in [-0.4, -0.2) is 41.5 Å². The van der Waals surface area contributed by atoms with Gasteiger partial charge in [0.2, 0.25) is 0 Å². The molecular formula is C31H57NO4Si2. The summed E-state index contributed by atoms with van der Waals surface area (Å²) in [7, 11) is -1.82. The first-order chi connectivity index (χ1) is 17.6. The van der Waals surface area contributed by atoms with E-state index in [4.69, 9.17) is 18.8 Å². The molecule has 0 bridgehead atoms. The molecule has 0 amide bonds. The summed E-state index contributed by atoms with van der Waals surface area (Å²) in [6.45, 7) is 21.3. The highest BCUT2D eigenvalue weighted by molar-refractivity contribution is 6.70. The minimum absolute atomic E-state index is 0.0712. The van der Waals surface area contributed by atoms with Gasteiger partial charge in [-0.2, -0.15) is 0 Å². The molecule has 4 rings (SSSR count). The lowest BCUT2D eigenvalue weighted by atomic mass is 9.44. The Balaban J connectivity index is 1.61. The Bertz CT molecular complexity index is 895. The van der Waals surface area contributed by atoms with Crippen molar-refractivity contribution in [2.75, 3.05) is 7.11 Å². The highest BCUT2D eigenvalue weighted by Gasteiger charge is 2.62. The highest BCUT2D eigenvalue weighted by atomic mass is 28.4. The molecule has 4 aliphatic carbocycles. The van der Waals surface area contributed by atoms with E-state index in [-0.39, 0.29) is 5.97 Å². The van der Waals surface area contributed by atoms with Crippen LogP contribution in [0.4, 0.5) is 0 Å². The van der Waals surface area contributed by atoms with Gasteiger partial charge in [0.15, 0.2) is 8.32 Å². The molecule has 4 fully saturated rings. The van der Waals surface area contributed by atoms with Crippen molar-refractivity contribution in [1.29, 1.82) is 0 Å². The smallest absolute Gasteiger partial charge is 0.305 e. The van der Waals surface area contributed by atoms with Crippen molar-refractivity contribution < 1.29 is 18.5 Å². The number of ether oxygens (including phenoxy) is 1. The number of oxime groups is 1. The fourth-order valence-electron chi connectivity index (χ4n) is 9.44. The molecule has 0 aromatic rings. The van der Waals surface area contributed by atoms with Crippen LogP contribution in [0.2, 0.25) is 39.3 Å². The zero-order valence-electron chi connectivity index (χ0n) is 26.2. The van der Waals surface area contributed by atoms with Crippen LogP contribution in [0.25, 0.3) is 0 Å². The summed E-state index contributed by atoms with van der Waals surface area (Å²) < 4.78 is 18.0. The van der Waals surface area contributed by atoms with E-state index in [2.05, 4.69) is 60.1 Å². The molecule has 0 N–H and O–H groups in total. The summed E-state index contributed by atoms with van der Waals surface area (Å²) in [4.78, 5) is 11.9. The molecule has 0 aromatic heterocycles. The number of carbonyl (C=O) groups is 1. The first kappa shape index (κ1) is 30.3. The number of carbonyl (C=O) groups excluding carboxylic acids is 1. The monoisotopic (exact) mass is 563 g/mol. The van der Waals surface area contributed by atoms with Gasteiger partial charge in [-0.1, -0.05) is 20.8 Å². The van der Waals surface area contributed by atoms with E-state index in [0.29, 0.717) is 58.9 Å². The minimum atomic E-state index is -1.76. The number of nitrogens with zero attached hydrogens (tertiary/aromatic N) is 1. The van der Waals surface area contributed by atoms with Gasteiger partial charge in [0.1, 0.15) is 0 Å². The maximum atomic E-state index is 11.9. The molecule has 9 atom stereocenters. The molecule has 0 radical (unpaired) electrons. The zero-order valence-corrected chi connectivity index (χ0v) is 28.2. The maximum absolute atomic E-state index is 11.9. The first-order valence-electron chi connectivity index (χ1n) is 15.6. The van der Waals surface area contributed by atoms with Crippen LogP contribution in [0.3, 0.4) is 0 Å². The number of methoxy groups -OCH3 is 1. The summed E-state index contributed by atoms with van der Waals surface area (Å²) >= 11 is 0. The third kappa shape index (κ3) is 6.14. The standard InChI is InChI=1S/C31H57NO4Si2/c1-21(11-14-28(33)34-4)24-12-13-25-29-26(16-18-31(24,25)3)30(2)17-15-23(35-37(5,6)7)19-22(30)20-27(29)32-36-38(8,9)10/h21-26,29H,11-20H2,1-10H3/b32-27+/t21?,22-,23+,24?,25?,26?,29?,30?,31?/m0/s1. The summed E-state index contributed by atoms with van der Waals surface area (Å²) in [5, 5.41) is 5.08. The molecule has 7 unspecified atom stereocenters. The van der Waals surface area contributed by atoms with Crippen molar-refractivity contribution in [2.24, 2.45) is 51.5 Å². The summed E-state index contributed by atoms with van der Waals surface area (Å²) in [6.07, 6.45) is 11.8. The molecule has 0 saturated heterocycles. The van der Waals surface area contributed by atoms with Crippen LogP contribution in [0.5, 0.6) is 0 Å². The fraction of sp³-hybridized carbons (Fsp3) is 0.935. The van der Waals surface area contributed by atoms with E-state index in [1.54, 1.807) is 0 Å². The Hall–Kier alpha value is -0.666. The predicted molar refractivity (Wildman–Crippen MR) is 161 cm³/mol. The van der Waals surface area contributed by atoms with Gasteiger partial charge in [-0.25, -0.2) is 0 Å². The van der Waals surface area contributed by atoms with Crippen LogP contribution in [0.15, 0.2) is 5.16 Å². The Morgan fingerprint density at radius 2 is 1.63 bits per heavy atom. The second kappa shape index (κ2) is 11.0. The van der Waals surface area contributed by atoms with E-state index < -0.39 is 16.6 Å². The van der Waals surface area contributed by atoms with Crippen LogP contribution >= 0.6 is 0 Å². The van der Waals surface area contributed by atoms with Crippen LogP contribution < -0.4 is 0 Å². The third-order valence-corrected chi connectivity index (χ3v) is 12.9. The Morgan fingerprint density at radius 3 is 2.26 bits per heavy atom. The lowest BCUT2D eigenvalue weighted by Crippen LogP contribution is -2.58. The predicted octanol–water partition coefficient (Wildman–Crippen LogP) is 8.27. The molecule has 5 nitrogen and oxygen atoms in total. The molecule has 7 heteroatoms. The van der Waals surface area contributed by atoms with Gasteiger partial charge >= 0.3 is 5.97 Å². The molecule has 4 aliphatic rings. The van der Waals surface area contributed by atoms with Crippen LogP contribution in [0.1, 0.15) is 85.0 Å². The lowest BCUT2D eigenvalue weighted by Gasteiger charge is -2.61. The number of hydrogen-bond donors (Lipinski definition) is 0. The second-order valence-corrected chi connectivity index (χ2v) is 24.7. The van der Waals surface area contributed by atoms with E-state index in [0.717, 1.165) is 12.8 Å². The molecule has 4 saturated carbocycles. The summed E-state index contributed by atoms with van der Waals surface area (Å²) in [6, 6.07) is 0. The van der Waals surface area contributed by atoms with E-state index in [1.807, 2.05) is 0 Å². The minimum Gasteiger partial charge on any atom is -0.469 e. The van der Waals surface area contributed by atoms with Crippen molar-refractivity contribution in [2.45, 2.75) is 130 Å². The second-order valence-electron chi connectivity index (χ2n) is 15.9. The molecule has 38 heavy (non-hydrogen) atoms. The largest absolute Gasteiger partial charge is 0.469 e. The molecule has 0 spiro atoms. The molecule has 0 aliphatic heterocycles. The van der Waals surface area contributed by atoms with Gasteiger partial charge in [-0.05, 0) is 137 Å². The van der Waals surface area contributed by atoms with Gasteiger partial charge < -0.3 is 13.7 Å². The third-order valence-electron chi connectivity index (χ3n) is 11.2. The van der Waals surface area contributed by atoms with E-state index >= 15 is 0 Å². The quantitative estimate of drug-likeness (QED) is 0.169. The number of esters is 1. The summed E-state index contributed by atoms with van der Waals surface area (Å²) in [5.41, 5.74) is 2.07. The van der Waals surface area contributed by atoms with Crippen molar-refractivity contribution in [3.8, 4) is 0 Å². The van der Waals surface area contributed by atoms with Gasteiger partial charge in [-0.15, -0.1) is 5.16 Å².